The second-order valence-electron chi connectivity index (χ2n) is 8.22. The van der Waals surface area contributed by atoms with Crippen LogP contribution in [0.4, 0.5) is 0 Å². The Balaban J connectivity index is 0.00000171. The highest BCUT2D eigenvalue weighted by Crippen LogP contribution is 2.27. The van der Waals surface area contributed by atoms with Crippen LogP contribution in [0, 0.1) is 11.8 Å². The summed E-state index contributed by atoms with van der Waals surface area (Å²) >= 11 is 0. The summed E-state index contributed by atoms with van der Waals surface area (Å²) in [6.07, 6.45) is 11.8. The number of Topliss-reactive ketones (excluding diaryl/α,β-unsaturated/α-hetero) is 1. The molecule has 2 saturated carbocycles. The van der Waals surface area contributed by atoms with Crippen molar-refractivity contribution in [3.63, 3.8) is 0 Å². The summed E-state index contributed by atoms with van der Waals surface area (Å²) in [7, 11) is 0. The Bertz CT molecular complexity index is 417. The molecule has 160 valence electrons. The molecule has 0 heterocycles. The van der Waals surface area contributed by atoms with Gasteiger partial charge in [-0.2, -0.15) is 0 Å². The second kappa shape index (κ2) is 14.1. The molecule has 0 saturated heterocycles. The van der Waals surface area contributed by atoms with Crippen LogP contribution in [0.25, 0.3) is 0 Å². The maximum Gasteiger partial charge on any atom is 0.220 e. The Hall–Kier alpha value is -0.940. The number of rotatable bonds is 8. The Morgan fingerprint density at radius 1 is 1.07 bits per heavy atom. The van der Waals surface area contributed by atoms with Gasteiger partial charge in [0.15, 0.2) is 0 Å². The van der Waals surface area contributed by atoms with E-state index in [-0.39, 0.29) is 31.8 Å². The van der Waals surface area contributed by atoms with Gasteiger partial charge in [0.2, 0.25) is 5.91 Å². The highest BCUT2D eigenvalue weighted by Gasteiger charge is 2.28. The molecule has 2 rings (SSSR count). The van der Waals surface area contributed by atoms with Crippen molar-refractivity contribution in [2.45, 2.75) is 104 Å². The summed E-state index contributed by atoms with van der Waals surface area (Å²) < 4.78 is 5.87. The summed E-state index contributed by atoms with van der Waals surface area (Å²) in [5.41, 5.74) is 0. The lowest BCUT2D eigenvalue weighted by Crippen LogP contribution is -2.39. The van der Waals surface area contributed by atoms with E-state index >= 15 is 0 Å². The van der Waals surface area contributed by atoms with Gasteiger partial charge in [-0.1, -0.05) is 33.1 Å². The third kappa shape index (κ3) is 10.2. The summed E-state index contributed by atoms with van der Waals surface area (Å²) in [6.45, 7) is 6.59. The van der Waals surface area contributed by atoms with Crippen molar-refractivity contribution >= 4 is 11.7 Å². The molecule has 2 aliphatic rings. The molecule has 2 aliphatic carbocycles. The molecule has 5 heteroatoms. The van der Waals surface area contributed by atoms with E-state index in [0.29, 0.717) is 24.9 Å². The molecule has 2 N–H and O–H groups in total. The molecule has 0 unspecified atom stereocenters. The van der Waals surface area contributed by atoms with Gasteiger partial charge in [-0.15, -0.1) is 0 Å². The maximum atomic E-state index is 12.1. The lowest BCUT2D eigenvalue weighted by Gasteiger charge is -2.29. The molecule has 0 aromatic heterocycles. The number of nitrogens with one attached hydrogen (secondary N) is 1. The average Bonchev–Trinajstić information content (AvgIpc) is 2.67. The molecule has 0 aromatic carbocycles. The molecule has 0 atom stereocenters. The smallest absolute Gasteiger partial charge is 0.220 e. The van der Waals surface area contributed by atoms with Crippen molar-refractivity contribution in [2.24, 2.45) is 11.8 Å². The zero-order valence-corrected chi connectivity index (χ0v) is 17.7. The van der Waals surface area contributed by atoms with Crippen LogP contribution in [0.15, 0.2) is 0 Å². The molecule has 5 nitrogen and oxygen atoms in total. The van der Waals surface area contributed by atoms with Gasteiger partial charge in [-0.05, 0) is 51.9 Å². The minimum absolute atomic E-state index is 0. The van der Waals surface area contributed by atoms with Gasteiger partial charge in [0, 0.05) is 38.9 Å². The first-order valence-electron chi connectivity index (χ1n) is 11.0. The highest BCUT2D eigenvalue weighted by atomic mass is 16.5. The summed E-state index contributed by atoms with van der Waals surface area (Å²) in [5.74, 6) is 0.868. The summed E-state index contributed by atoms with van der Waals surface area (Å²) in [4.78, 5) is 24.1. The van der Waals surface area contributed by atoms with Gasteiger partial charge < -0.3 is 15.2 Å². The van der Waals surface area contributed by atoms with Crippen molar-refractivity contribution in [3.8, 4) is 0 Å². The minimum Gasteiger partial charge on any atom is -0.397 e. The fourth-order valence-electron chi connectivity index (χ4n) is 4.01. The number of hydrogen-bond donors (Lipinski definition) is 2. The second-order valence-corrected chi connectivity index (χ2v) is 8.22. The van der Waals surface area contributed by atoms with Crippen LogP contribution in [-0.2, 0) is 14.3 Å². The SMILES string of the molecule is CC(C)C(=O)C1CCC(NC(=O)CCCOC2CCCCC2)CC1.CCO.[HH]. The fraction of sp³-hybridized carbons (Fsp3) is 0.909. The van der Waals surface area contributed by atoms with Gasteiger partial charge in [0.1, 0.15) is 5.78 Å². The Labute approximate surface area is 167 Å². The number of ketones is 1. The molecule has 2 fully saturated rings. The first-order chi connectivity index (χ1) is 13.0. The minimum atomic E-state index is 0. The monoisotopic (exact) mass is 385 g/mol. The van der Waals surface area contributed by atoms with E-state index in [0.717, 1.165) is 32.1 Å². The Morgan fingerprint density at radius 2 is 1.67 bits per heavy atom. The third-order valence-corrected chi connectivity index (χ3v) is 5.52. The number of carbonyl (C=O) groups excluding carboxylic acids is 2. The van der Waals surface area contributed by atoms with E-state index < -0.39 is 0 Å². The maximum absolute atomic E-state index is 12.1. The molecule has 27 heavy (non-hydrogen) atoms. The number of aliphatic hydroxyl groups excluding tert-OH is 1. The predicted molar refractivity (Wildman–Crippen MR) is 111 cm³/mol. The first-order valence-corrected chi connectivity index (χ1v) is 11.0. The fourth-order valence-corrected chi connectivity index (χ4v) is 4.01. The lowest BCUT2D eigenvalue weighted by atomic mass is 9.80. The van der Waals surface area contributed by atoms with Crippen molar-refractivity contribution < 1.29 is 20.9 Å². The average molecular weight is 386 g/mol. The van der Waals surface area contributed by atoms with Crippen LogP contribution in [-0.4, -0.2) is 42.2 Å². The van der Waals surface area contributed by atoms with E-state index in [1.54, 1.807) is 6.92 Å². The third-order valence-electron chi connectivity index (χ3n) is 5.52. The summed E-state index contributed by atoms with van der Waals surface area (Å²) in [6, 6.07) is 0.257. The Morgan fingerprint density at radius 3 is 2.22 bits per heavy atom. The van der Waals surface area contributed by atoms with Gasteiger partial charge in [-0.3, -0.25) is 9.59 Å². The van der Waals surface area contributed by atoms with E-state index in [2.05, 4.69) is 5.32 Å². The Kier molecular flexibility index (Phi) is 12.6. The quantitative estimate of drug-likeness (QED) is 0.612. The van der Waals surface area contributed by atoms with Gasteiger partial charge >= 0.3 is 0 Å². The largest absolute Gasteiger partial charge is 0.397 e. The van der Waals surface area contributed by atoms with Crippen molar-refractivity contribution in [3.05, 3.63) is 0 Å². The molecular weight excluding hydrogens is 342 g/mol. The molecule has 0 radical (unpaired) electrons. The number of ether oxygens (including phenoxy) is 1. The van der Waals surface area contributed by atoms with Gasteiger partial charge in [0.05, 0.1) is 6.10 Å². The molecule has 1 amide bonds. The van der Waals surface area contributed by atoms with Crippen molar-refractivity contribution in [1.29, 1.82) is 0 Å². The van der Waals surface area contributed by atoms with Crippen LogP contribution >= 0.6 is 0 Å². The van der Waals surface area contributed by atoms with Crippen LogP contribution in [0.5, 0.6) is 0 Å². The molecule has 0 aliphatic heterocycles. The number of carbonyl (C=O) groups is 2. The molecule has 0 spiro atoms. The molecule has 0 aromatic rings. The van der Waals surface area contributed by atoms with Crippen LogP contribution in [0.3, 0.4) is 0 Å². The number of amides is 1. The van der Waals surface area contributed by atoms with Crippen molar-refractivity contribution in [2.75, 3.05) is 13.2 Å². The topological polar surface area (TPSA) is 75.6 Å². The van der Waals surface area contributed by atoms with Crippen LogP contribution in [0.1, 0.15) is 92.8 Å². The number of aliphatic hydroxyl groups is 1. The van der Waals surface area contributed by atoms with Gasteiger partial charge in [-0.25, -0.2) is 0 Å². The highest BCUT2D eigenvalue weighted by molar-refractivity contribution is 5.83. The summed E-state index contributed by atoms with van der Waals surface area (Å²) in [5, 5.41) is 10.7. The number of hydrogen-bond acceptors (Lipinski definition) is 4. The molecule has 0 bridgehead atoms. The van der Waals surface area contributed by atoms with Gasteiger partial charge in [0.25, 0.3) is 0 Å². The van der Waals surface area contributed by atoms with Crippen LogP contribution < -0.4 is 5.32 Å². The van der Waals surface area contributed by atoms with E-state index in [1.807, 2.05) is 13.8 Å². The van der Waals surface area contributed by atoms with E-state index in [9.17, 15) is 9.59 Å². The van der Waals surface area contributed by atoms with Crippen LogP contribution in [0.2, 0.25) is 0 Å². The standard InChI is InChI=1S/C20H35NO3.C2H6O.H2/c1-15(2)20(23)16-10-12-17(13-11-16)21-19(22)9-6-14-24-18-7-4-3-5-8-18;1-2-3;/h15-18H,3-14H2,1-2H3,(H,21,22);3H,2H2,1H3;1H. The van der Waals surface area contributed by atoms with E-state index in [4.69, 9.17) is 9.84 Å². The van der Waals surface area contributed by atoms with Crippen molar-refractivity contribution in [1.82, 2.24) is 5.32 Å². The predicted octanol–water partition coefficient (Wildman–Crippen LogP) is 4.26. The first kappa shape index (κ1) is 24.1. The normalized spacial score (nSPS) is 23.4. The molecular formula is C22H43NO4. The zero-order chi connectivity index (χ0) is 20.1. The lowest BCUT2D eigenvalue weighted by molar-refractivity contribution is -0.127. The zero-order valence-electron chi connectivity index (χ0n) is 17.7. The van der Waals surface area contributed by atoms with E-state index in [1.165, 1.54) is 32.1 Å².